The van der Waals surface area contributed by atoms with Crippen molar-refractivity contribution in [2.24, 2.45) is 0 Å². The second kappa shape index (κ2) is 7.30. The molecule has 0 N–H and O–H groups in total. The minimum Gasteiger partial charge on any atom is -0.490 e. The molecule has 2 rings (SSSR count). The van der Waals surface area contributed by atoms with Crippen molar-refractivity contribution in [1.82, 2.24) is 0 Å². The van der Waals surface area contributed by atoms with E-state index in [1.807, 2.05) is 24.3 Å². The van der Waals surface area contributed by atoms with E-state index in [1.54, 1.807) is 19.1 Å². The lowest BCUT2D eigenvalue weighted by Gasteiger charge is -2.09. The average Bonchev–Trinajstić information content (AvgIpc) is 2.49. The van der Waals surface area contributed by atoms with E-state index in [4.69, 9.17) is 14.7 Å². The van der Waals surface area contributed by atoms with Crippen LogP contribution in [-0.4, -0.2) is 13.2 Å². The summed E-state index contributed by atoms with van der Waals surface area (Å²) < 4.78 is 24.1. The summed E-state index contributed by atoms with van der Waals surface area (Å²) >= 11 is 0. The molecule has 0 amide bonds. The van der Waals surface area contributed by atoms with Gasteiger partial charge in [-0.05, 0) is 48.4 Å². The Morgan fingerprint density at radius 1 is 1.00 bits per heavy atom. The van der Waals surface area contributed by atoms with Crippen LogP contribution in [0.25, 0.3) is 0 Å². The molecule has 0 fully saturated rings. The Hall–Kier alpha value is -2.54. The number of hydrogen-bond acceptors (Lipinski definition) is 3. The summed E-state index contributed by atoms with van der Waals surface area (Å²) in [6.07, 6.45) is 0.396. The van der Waals surface area contributed by atoms with Gasteiger partial charge in [0.05, 0.1) is 12.5 Å². The Labute approximate surface area is 123 Å². The van der Waals surface area contributed by atoms with Crippen LogP contribution >= 0.6 is 0 Å². The van der Waals surface area contributed by atoms with Gasteiger partial charge < -0.3 is 9.47 Å². The Bertz CT molecular complexity index is 632. The fourth-order valence-corrected chi connectivity index (χ4v) is 1.82. The molecule has 4 heteroatoms. The van der Waals surface area contributed by atoms with Crippen molar-refractivity contribution in [1.29, 1.82) is 5.26 Å². The molecule has 3 nitrogen and oxygen atoms in total. The highest BCUT2D eigenvalue weighted by molar-refractivity contribution is 5.29. The molecule has 2 aromatic carbocycles. The van der Waals surface area contributed by atoms with Crippen LogP contribution in [0.1, 0.15) is 11.1 Å². The Morgan fingerprint density at radius 2 is 1.62 bits per heavy atom. The molecule has 0 aromatic heterocycles. The van der Waals surface area contributed by atoms with Gasteiger partial charge in [-0.1, -0.05) is 12.1 Å². The topological polar surface area (TPSA) is 42.2 Å². The molecular weight excluding hydrogens is 269 g/mol. The summed E-state index contributed by atoms with van der Waals surface area (Å²) in [7, 11) is 0. The van der Waals surface area contributed by atoms with Gasteiger partial charge in [0.1, 0.15) is 30.5 Å². The van der Waals surface area contributed by atoms with Crippen LogP contribution in [0.2, 0.25) is 0 Å². The summed E-state index contributed by atoms with van der Waals surface area (Å²) in [5, 5.41) is 8.59. The van der Waals surface area contributed by atoms with Crippen LogP contribution in [0.4, 0.5) is 4.39 Å². The molecule has 2 aromatic rings. The average molecular weight is 285 g/mol. The third kappa shape index (κ3) is 4.50. The number of hydrogen-bond donors (Lipinski definition) is 0. The predicted molar refractivity (Wildman–Crippen MR) is 77.9 cm³/mol. The second-order valence-electron chi connectivity index (χ2n) is 4.59. The monoisotopic (exact) mass is 285 g/mol. The lowest BCUT2D eigenvalue weighted by Crippen LogP contribution is -2.09. The van der Waals surface area contributed by atoms with Gasteiger partial charge in [0.25, 0.3) is 0 Å². The van der Waals surface area contributed by atoms with Crippen LogP contribution in [0.3, 0.4) is 0 Å². The zero-order valence-corrected chi connectivity index (χ0v) is 11.8. The number of benzene rings is 2. The van der Waals surface area contributed by atoms with Gasteiger partial charge in [-0.3, -0.25) is 0 Å². The third-order valence-corrected chi connectivity index (χ3v) is 2.96. The fourth-order valence-electron chi connectivity index (χ4n) is 1.82. The van der Waals surface area contributed by atoms with Crippen molar-refractivity contribution in [3.05, 3.63) is 59.4 Å². The zero-order chi connectivity index (χ0) is 15.1. The van der Waals surface area contributed by atoms with Crippen LogP contribution in [0.15, 0.2) is 42.5 Å². The molecule has 0 saturated heterocycles. The standard InChI is InChI=1S/C17H16FNO2/c1-13-12-16(6-7-17(13)18)21-11-10-20-15-4-2-14(3-5-15)8-9-19/h2-7,12H,8,10-11H2,1H3. The van der Waals surface area contributed by atoms with Crippen LogP contribution in [0, 0.1) is 24.1 Å². The number of aryl methyl sites for hydroxylation is 1. The van der Waals surface area contributed by atoms with Crippen molar-refractivity contribution < 1.29 is 13.9 Å². The van der Waals surface area contributed by atoms with Crippen LogP contribution < -0.4 is 9.47 Å². The zero-order valence-electron chi connectivity index (χ0n) is 11.8. The summed E-state index contributed by atoms with van der Waals surface area (Å²) in [5.74, 6) is 1.12. The molecule has 0 saturated carbocycles. The largest absolute Gasteiger partial charge is 0.490 e. The third-order valence-electron chi connectivity index (χ3n) is 2.96. The maximum Gasteiger partial charge on any atom is 0.126 e. The van der Waals surface area contributed by atoms with Crippen molar-refractivity contribution in [3.8, 4) is 17.6 Å². The smallest absolute Gasteiger partial charge is 0.126 e. The van der Waals surface area contributed by atoms with Gasteiger partial charge >= 0.3 is 0 Å². The highest BCUT2D eigenvalue weighted by Gasteiger charge is 2.00. The summed E-state index contributed by atoms with van der Waals surface area (Å²) in [6, 6.07) is 14.1. The minimum absolute atomic E-state index is 0.240. The molecule has 0 aliphatic rings. The lowest BCUT2D eigenvalue weighted by atomic mass is 10.2. The van der Waals surface area contributed by atoms with E-state index < -0.39 is 0 Å². The first kappa shape index (κ1) is 14.9. The van der Waals surface area contributed by atoms with Gasteiger partial charge in [0.15, 0.2) is 0 Å². The summed E-state index contributed by atoms with van der Waals surface area (Å²) in [6.45, 7) is 2.47. The normalized spacial score (nSPS) is 9.95. The first-order valence-electron chi connectivity index (χ1n) is 6.66. The number of rotatable bonds is 6. The molecular formula is C17H16FNO2. The van der Waals surface area contributed by atoms with Crippen molar-refractivity contribution in [3.63, 3.8) is 0 Å². The molecule has 108 valence electrons. The molecule has 0 radical (unpaired) electrons. The Kier molecular flexibility index (Phi) is 5.16. The van der Waals surface area contributed by atoms with E-state index in [0.29, 0.717) is 30.9 Å². The Balaban J connectivity index is 1.76. The van der Waals surface area contributed by atoms with E-state index in [2.05, 4.69) is 6.07 Å². The fraction of sp³-hybridized carbons (Fsp3) is 0.235. The van der Waals surface area contributed by atoms with Gasteiger partial charge in [-0.2, -0.15) is 5.26 Å². The minimum atomic E-state index is -0.240. The number of halogens is 1. The quantitative estimate of drug-likeness (QED) is 0.761. The first-order valence-corrected chi connectivity index (χ1v) is 6.66. The van der Waals surface area contributed by atoms with Gasteiger partial charge in [-0.15, -0.1) is 0 Å². The Morgan fingerprint density at radius 3 is 2.24 bits per heavy atom. The predicted octanol–water partition coefficient (Wildman–Crippen LogP) is 3.66. The van der Waals surface area contributed by atoms with Crippen LogP contribution in [-0.2, 0) is 6.42 Å². The highest BCUT2D eigenvalue weighted by atomic mass is 19.1. The molecule has 0 unspecified atom stereocenters. The second-order valence-corrected chi connectivity index (χ2v) is 4.59. The maximum absolute atomic E-state index is 13.1. The first-order chi connectivity index (χ1) is 10.2. The molecule has 21 heavy (non-hydrogen) atoms. The molecule has 0 aliphatic carbocycles. The van der Waals surface area contributed by atoms with E-state index in [1.165, 1.54) is 6.07 Å². The molecule has 0 heterocycles. The van der Waals surface area contributed by atoms with Gasteiger partial charge in [-0.25, -0.2) is 4.39 Å². The van der Waals surface area contributed by atoms with Gasteiger partial charge in [0.2, 0.25) is 0 Å². The van der Waals surface area contributed by atoms with E-state index >= 15 is 0 Å². The summed E-state index contributed by atoms with van der Waals surface area (Å²) in [4.78, 5) is 0. The van der Waals surface area contributed by atoms with Gasteiger partial charge in [0, 0.05) is 0 Å². The SMILES string of the molecule is Cc1cc(OCCOc2ccc(CC#N)cc2)ccc1F. The lowest BCUT2D eigenvalue weighted by molar-refractivity contribution is 0.217. The molecule has 0 spiro atoms. The van der Waals surface area contributed by atoms with E-state index in [9.17, 15) is 4.39 Å². The molecule has 0 bridgehead atoms. The van der Waals surface area contributed by atoms with Crippen molar-refractivity contribution in [2.45, 2.75) is 13.3 Å². The number of nitrogens with zero attached hydrogens (tertiary/aromatic N) is 1. The molecule has 0 aliphatic heterocycles. The maximum atomic E-state index is 13.1. The number of ether oxygens (including phenoxy) is 2. The van der Waals surface area contributed by atoms with Crippen molar-refractivity contribution in [2.75, 3.05) is 13.2 Å². The molecule has 0 atom stereocenters. The highest BCUT2D eigenvalue weighted by Crippen LogP contribution is 2.16. The number of nitriles is 1. The van der Waals surface area contributed by atoms with E-state index in [-0.39, 0.29) is 5.82 Å². The van der Waals surface area contributed by atoms with E-state index in [0.717, 1.165) is 11.3 Å². The van der Waals surface area contributed by atoms with Crippen LogP contribution in [0.5, 0.6) is 11.5 Å². The van der Waals surface area contributed by atoms with Crippen molar-refractivity contribution >= 4 is 0 Å². The summed E-state index contributed by atoms with van der Waals surface area (Å²) in [5.41, 5.74) is 1.52.